The molecule has 2 aliphatic heterocycles. The van der Waals surface area contributed by atoms with E-state index in [9.17, 15) is 22.8 Å². The number of ketones is 2. The topological polar surface area (TPSA) is 148 Å². The molecular weight excluding hydrogens is 710 g/mol. The summed E-state index contributed by atoms with van der Waals surface area (Å²) in [6, 6.07) is 8.10. The molecule has 12 nitrogen and oxygen atoms in total. The van der Waals surface area contributed by atoms with Gasteiger partial charge in [0.25, 0.3) is 0 Å². The van der Waals surface area contributed by atoms with Gasteiger partial charge in [-0.1, -0.05) is 24.3 Å². The van der Waals surface area contributed by atoms with Crippen molar-refractivity contribution in [2.75, 3.05) is 13.6 Å². The third-order valence-corrected chi connectivity index (χ3v) is 12.2. The third-order valence-electron chi connectivity index (χ3n) is 9.95. The van der Waals surface area contributed by atoms with Gasteiger partial charge in [0.1, 0.15) is 22.7 Å². The lowest BCUT2D eigenvalue weighted by molar-refractivity contribution is -0.139. The molecular formula is C35H36BrN7O5S. The first-order valence-electron chi connectivity index (χ1n) is 16.3. The van der Waals surface area contributed by atoms with Crippen LogP contribution in [0, 0.1) is 12.3 Å². The highest BCUT2D eigenvalue weighted by molar-refractivity contribution is 9.10. The highest BCUT2D eigenvalue weighted by Crippen LogP contribution is 2.61. The van der Waals surface area contributed by atoms with Gasteiger partial charge in [-0.3, -0.25) is 19.1 Å². The number of benzene rings is 1. The van der Waals surface area contributed by atoms with E-state index in [0.717, 1.165) is 17.5 Å². The fourth-order valence-electron chi connectivity index (χ4n) is 7.19. The van der Waals surface area contributed by atoms with Crippen LogP contribution < -0.4 is 0 Å². The van der Waals surface area contributed by atoms with Crippen LogP contribution in [0.3, 0.4) is 0 Å². The monoisotopic (exact) mass is 745 g/mol. The van der Waals surface area contributed by atoms with Crippen molar-refractivity contribution in [2.24, 2.45) is 5.41 Å². The number of hydrogen-bond donors (Lipinski definition) is 0. The van der Waals surface area contributed by atoms with E-state index in [1.807, 2.05) is 25.1 Å². The first-order valence-corrected chi connectivity index (χ1v) is 18.7. The van der Waals surface area contributed by atoms with Crippen molar-refractivity contribution in [3.05, 3.63) is 82.3 Å². The van der Waals surface area contributed by atoms with E-state index in [-0.39, 0.29) is 53.3 Å². The lowest BCUT2D eigenvalue weighted by Crippen LogP contribution is -2.45. The van der Waals surface area contributed by atoms with Gasteiger partial charge >= 0.3 is 0 Å². The fourth-order valence-corrected chi connectivity index (χ4v) is 8.82. The van der Waals surface area contributed by atoms with E-state index >= 15 is 0 Å². The fraction of sp³-hybridized carbons (Fsp3) is 0.400. The number of likely N-dealkylation sites (tertiary alicyclic amines) is 1. The number of rotatable bonds is 4. The second-order valence-electron chi connectivity index (χ2n) is 13.3. The Hall–Kier alpha value is -4.14. The normalized spacial score (nSPS) is 23.8. The summed E-state index contributed by atoms with van der Waals surface area (Å²) in [5, 5.41) is 5.20. The number of aromatic nitrogens is 5. The van der Waals surface area contributed by atoms with Crippen molar-refractivity contribution in [1.29, 1.82) is 0 Å². The van der Waals surface area contributed by atoms with Crippen LogP contribution in [0.5, 0.6) is 0 Å². The van der Waals surface area contributed by atoms with Crippen LogP contribution in [-0.4, -0.2) is 85.5 Å². The van der Waals surface area contributed by atoms with Crippen molar-refractivity contribution >= 4 is 54.3 Å². The highest BCUT2D eigenvalue weighted by atomic mass is 79.9. The van der Waals surface area contributed by atoms with Gasteiger partial charge in [0.05, 0.1) is 29.4 Å². The number of amides is 1. The van der Waals surface area contributed by atoms with Crippen molar-refractivity contribution < 1.29 is 22.8 Å². The maximum atomic E-state index is 14.3. The third kappa shape index (κ3) is 6.37. The number of carbonyl (C=O) groups is 3. The van der Waals surface area contributed by atoms with Crippen molar-refractivity contribution in [3.8, 4) is 11.1 Å². The molecule has 2 fully saturated rings. The van der Waals surface area contributed by atoms with E-state index in [2.05, 4.69) is 48.1 Å². The van der Waals surface area contributed by atoms with Crippen molar-refractivity contribution in [1.82, 2.24) is 33.9 Å². The quantitative estimate of drug-likeness (QED) is 0.168. The minimum absolute atomic E-state index is 0.111. The Bertz CT molecular complexity index is 2150. The molecule has 0 unspecified atom stereocenters. The number of piperidine rings is 1. The number of allylic oxidation sites excluding steroid dienone is 1. The van der Waals surface area contributed by atoms with Gasteiger partial charge in [-0.25, -0.2) is 27.7 Å². The van der Waals surface area contributed by atoms with E-state index < -0.39 is 16.1 Å². The number of nitrogens with zero attached hydrogens (tertiary/aromatic N) is 7. The molecule has 3 atom stereocenters. The molecule has 1 amide bonds. The molecule has 0 N–H and O–H groups in total. The smallest absolute Gasteiger partial charge is 0.245 e. The van der Waals surface area contributed by atoms with Crippen molar-refractivity contribution in [3.63, 3.8) is 0 Å². The lowest BCUT2D eigenvalue weighted by Gasteiger charge is -2.27. The molecule has 5 heterocycles. The summed E-state index contributed by atoms with van der Waals surface area (Å²) >= 11 is 3.38. The summed E-state index contributed by atoms with van der Waals surface area (Å²) in [7, 11) is -2.06. The Morgan fingerprint density at radius 2 is 1.86 bits per heavy atom. The summed E-state index contributed by atoms with van der Waals surface area (Å²) in [6.07, 6.45) is 10.1. The summed E-state index contributed by atoms with van der Waals surface area (Å²) in [5.41, 5.74) is 3.02. The number of sulfonamides is 1. The molecule has 254 valence electrons. The Balaban J connectivity index is 1.22. The minimum atomic E-state index is -3.64. The maximum Gasteiger partial charge on any atom is 0.245 e. The van der Waals surface area contributed by atoms with E-state index in [1.165, 1.54) is 11.2 Å². The largest absolute Gasteiger partial charge is 0.327 e. The minimum Gasteiger partial charge on any atom is -0.327 e. The van der Waals surface area contributed by atoms with Gasteiger partial charge < -0.3 is 4.90 Å². The van der Waals surface area contributed by atoms with Gasteiger partial charge in [0.2, 0.25) is 15.9 Å². The lowest BCUT2D eigenvalue weighted by atomic mass is 9.94. The van der Waals surface area contributed by atoms with E-state index in [1.54, 1.807) is 41.2 Å². The zero-order valence-electron chi connectivity index (χ0n) is 27.5. The molecule has 1 spiro atoms. The number of fused-ring (bicyclic) bond motifs is 3. The zero-order valence-corrected chi connectivity index (χ0v) is 29.9. The molecule has 14 heteroatoms. The van der Waals surface area contributed by atoms with Crippen LogP contribution in [0.15, 0.2) is 59.5 Å². The van der Waals surface area contributed by atoms with Crippen LogP contribution in [0.1, 0.15) is 60.2 Å². The average molecular weight is 747 g/mol. The number of Topliss-reactive ketones (excluding diaryl/α,β-unsaturated/α-hetero) is 2. The zero-order chi connectivity index (χ0) is 34.7. The van der Waals surface area contributed by atoms with Crippen LogP contribution >= 0.6 is 15.9 Å². The number of carbonyl (C=O) groups excluding carboxylic acids is 3. The van der Waals surface area contributed by atoms with Gasteiger partial charge in [-0.15, -0.1) is 0 Å². The second-order valence-corrected chi connectivity index (χ2v) is 16.2. The predicted octanol–water partition coefficient (Wildman–Crippen LogP) is 4.44. The van der Waals surface area contributed by atoms with Gasteiger partial charge in [-0.2, -0.15) is 5.10 Å². The molecule has 2 bridgehead atoms. The van der Waals surface area contributed by atoms with Gasteiger partial charge in [0, 0.05) is 55.3 Å². The molecule has 49 heavy (non-hydrogen) atoms. The SMILES string of the molecule is CC(=O)c1nn(CC(=O)N2[C@H]3C[C@@]4(C=CCCCN(C)S(=O)(=O)Cc5ccc(Br)nc5CC3=O)C[C@@H]24)c2ccc(-c3cnc(C)nc3)cc12. The molecule has 0 radical (unpaired) electrons. The summed E-state index contributed by atoms with van der Waals surface area (Å²) in [6.45, 7) is 3.47. The van der Waals surface area contributed by atoms with Crippen molar-refractivity contribution in [2.45, 2.75) is 70.3 Å². The van der Waals surface area contributed by atoms with Gasteiger partial charge in [-0.05, 0) is 77.9 Å². The first-order chi connectivity index (χ1) is 23.3. The molecule has 3 aliphatic rings. The summed E-state index contributed by atoms with van der Waals surface area (Å²) in [5.74, 6) is -0.309. The summed E-state index contributed by atoms with van der Waals surface area (Å²) in [4.78, 5) is 55.9. The molecule has 3 aromatic heterocycles. The Kier molecular flexibility index (Phi) is 8.60. The number of hydrogen-bond acceptors (Lipinski definition) is 9. The maximum absolute atomic E-state index is 14.3. The van der Waals surface area contributed by atoms with Crippen LogP contribution in [0.4, 0.5) is 0 Å². The predicted molar refractivity (Wildman–Crippen MR) is 186 cm³/mol. The molecule has 1 saturated heterocycles. The average Bonchev–Trinajstić information content (AvgIpc) is 3.47. The summed E-state index contributed by atoms with van der Waals surface area (Å²) < 4.78 is 29.8. The standard InChI is InChI=1S/C35H36BrN7O5S/c1-21(44)34-26-13-23(25-17-37-22(2)38-18-25)7-9-28(26)42(40-34)19-33(46)43-29-15-35(16-31(35)43)11-5-4-6-12-41(3)49(47,48)20-24-8-10-32(36)39-27(24)14-30(29)45/h5,7-11,13,17-18,29,31H,4,6,12,14-16,19-20H2,1-3H3/t29-,31+,35-/m0/s1. The molecule has 1 aromatic carbocycles. The van der Waals surface area contributed by atoms with Gasteiger partial charge in [0.15, 0.2) is 11.6 Å². The Labute approximate surface area is 292 Å². The Morgan fingerprint density at radius 3 is 2.61 bits per heavy atom. The molecule has 4 aromatic rings. The second kappa shape index (κ2) is 12.6. The van der Waals surface area contributed by atoms with E-state index in [4.69, 9.17) is 0 Å². The highest BCUT2D eigenvalue weighted by Gasteiger charge is 2.65. The van der Waals surface area contributed by atoms with E-state index in [0.29, 0.717) is 58.4 Å². The first kappa shape index (κ1) is 33.4. The molecule has 7 rings (SSSR count). The molecule has 1 aliphatic carbocycles. The Morgan fingerprint density at radius 1 is 1.08 bits per heavy atom. The van der Waals surface area contributed by atoms with Crippen LogP contribution in [0.2, 0.25) is 0 Å². The van der Waals surface area contributed by atoms with Crippen LogP contribution in [-0.2, 0) is 38.3 Å². The van der Waals surface area contributed by atoms with Crippen LogP contribution in [0.25, 0.3) is 22.0 Å². The number of aryl methyl sites for hydroxylation is 1. The number of halogens is 1. The number of pyridine rings is 1. The molecule has 1 saturated carbocycles.